The second kappa shape index (κ2) is 8.35. The number of aliphatic hydroxyl groups excluding tert-OH is 1. The number of rotatable bonds is 4. The van der Waals surface area contributed by atoms with Crippen molar-refractivity contribution in [1.82, 2.24) is 19.7 Å². The molecular formula is C24H24ClN5O4. The van der Waals surface area contributed by atoms with E-state index in [1.165, 1.54) is 0 Å². The minimum Gasteiger partial charge on any atom is -0.460 e. The summed E-state index contributed by atoms with van der Waals surface area (Å²) in [7, 11) is 0. The van der Waals surface area contributed by atoms with Gasteiger partial charge in [-0.3, -0.25) is 4.98 Å². The van der Waals surface area contributed by atoms with E-state index in [-0.39, 0.29) is 12.3 Å². The van der Waals surface area contributed by atoms with Crippen LogP contribution in [0.3, 0.4) is 0 Å². The van der Waals surface area contributed by atoms with Gasteiger partial charge in [0.2, 0.25) is 6.29 Å². The molecule has 3 N–H and O–H groups in total. The maximum atomic E-state index is 11.2. The number of ether oxygens (including phenoxy) is 3. The highest BCUT2D eigenvalue weighted by molar-refractivity contribution is 6.30. The summed E-state index contributed by atoms with van der Waals surface area (Å²) in [6.07, 6.45) is 0.501. The number of pyridine rings is 1. The Balaban J connectivity index is 1.36. The summed E-state index contributed by atoms with van der Waals surface area (Å²) in [4.78, 5) is 9.13. The third kappa shape index (κ3) is 3.74. The number of hydrogen-bond acceptors (Lipinski definition) is 8. The van der Waals surface area contributed by atoms with Crippen LogP contribution in [-0.4, -0.2) is 43.7 Å². The first-order chi connectivity index (χ1) is 16.5. The molecule has 3 aromatic rings. The summed E-state index contributed by atoms with van der Waals surface area (Å²) in [5.74, 6) is 1.69. The van der Waals surface area contributed by atoms with Gasteiger partial charge in [-0.15, -0.1) is 0 Å². The van der Waals surface area contributed by atoms with Crippen molar-refractivity contribution >= 4 is 11.6 Å². The Bertz CT molecular complexity index is 1260. The van der Waals surface area contributed by atoms with Crippen molar-refractivity contribution in [2.24, 2.45) is 5.73 Å². The summed E-state index contributed by atoms with van der Waals surface area (Å²) < 4.78 is 19.8. The minimum absolute atomic E-state index is 0.198. The predicted octanol–water partition coefficient (Wildman–Crippen LogP) is 3.22. The number of aliphatic hydroxyl groups is 1. The summed E-state index contributed by atoms with van der Waals surface area (Å²) in [5, 5.41) is 16.2. The molecule has 1 aromatic carbocycles. The first kappa shape index (κ1) is 21.5. The number of benzene rings is 1. The van der Waals surface area contributed by atoms with Gasteiger partial charge in [-0.25, -0.2) is 9.67 Å². The van der Waals surface area contributed by atoms with Crippen molar-refractivity contribution < 1.29 is 19.3 Å². The summed E-state index contributed by atoms with van der Waals surface area (Å²) >= 11 is 6.28. The quantitative estimate of drug-likeness (QED) is 0.583. The zero-order valence-corrected chi connectivity index (χ0v) is 19.2. The van der Waals surface area contributed by atoms with Crippen LogP contribution in [0.1, 0.15) is 54.1 Å². The predicted molar refractivity (Wildman–Crippen MR) is 122 cm³/mol. The van der Waals surface area contributed by atoms with Gasteiger partial charge in [-0.2, -0.15) is 5.10 Å². The highest BCUT2D eigenvalue weighted by Gasteiger charge is 2.44. The lowest BCUT2D eigenvalue weighted by molar-refractivity contribution is -0.224. The summed E-state index contributed by atoms with van der Waals surface area (Å²) in [5.41, 5.74) is 9.08. The van der Waals surface area contributed by atoms with Crippen LogP contribution < -0.4 is 5.73 Å². The SMILES string of the molecule is Cc1nc([C@@H]2OC3COC(c4ccccc4)OC3=C(N)C2O)n(-c2cc(Cl)cnc2C2CC2)n1. The van der Waals surface area contributed by atoms with Gasteiger partial charge in [0.15, 0.2) is 11.6 Å². The van der Waals surface area contributed by atoms with Crippen LogP contribution in [0.25, 0.3) is 5.69 Å². The molecule has 1 aliphatic carbocycles. The molecular weight excluding hydrogens is 458 g/mol. The molecule has 0 spiro atoms. The molecule has 0 bridgehead atoms. The van der Waals surface area contributed by atoms with E-state index >= 15 is 0 Å². The largest absolute Gasteiger partial charge is 0.460 e. The molecule has 34 heavy (non-hydrogen) atoms. The van der Waals surface area contributed by atoms with E-state index in [4.69, 9.17) is 31.5 Å². The van der Waals surface area contributed by atoms with Gasteiger partial charge in [0.1, 0.15) is 24.1 Å². The van der Waals surface area contributed by atoms with Gasteiger partial charge in [0.05, 0.1) is 28.7 Å². The van der Waals surface area contributed by atoms with Crippen molar-refractivity contribution in [1.29, 1.82) is 0 Å². The number of fused-ring (bicyclic) bond motifs is 1. The Labute approximate surface area is 201 Å². The molecule has 4 atom stereocenters. The zero-order chi connectivity index (χ0) is 23.4. The maximum Gasteiger partial charge on any atom is 0.226 e. The molecule has 6 rings (SSSR count). The molecule has 1 saturated carbocycles. The molecule has 3 unspecified atom stereocenters. The van der Waals surface area contributed by atoms with Gasteiger partial charge < -0.3 is 25.1 Å². The van der Waals surface area contributed by atoms with Gasteiger partial charge in [0, 0.05) is 17.7 Å². The highest BCUT2D eigenvalue weighted by atomic mass is 35.5. The molecule has 1 saturated heterocycles. The average Bonchev–Trinajstić information content (AvgIpc) is 3.62. The summed E-state index contributed by atoms with van der Waals surface area (Å²) in [6, 6.07) is 11.4. The van der Waals surface area contributed by atoms with Gasteiger partial charge in [-0.1, -0.05) is 41.9 Å². The Hall–Kier alpha value is -2.98. The first-order valence-electron chi connectivity index (χ1n) is 11.2. The standard InChI is InChI=1S/C24H24ClN5O4/c1-12-28-23(30(29-12)16-9-15(25)10-27-19(16)13-7-8-13)22-20(31)18(26)21-17(33-22)11-32-24(34-21)14-5-3-2-4-6-14/h2-6,9-10,13,17,20,22,24,31H,7-8,11,26H2,1H3/t17?,20?,22-,24?/m1/s1. The second-order valence-corrected chi connectivity index (χ2v) is 9.20. The maximum absolute atomic E-state index is 11.2. The average molecular weight is 482 g/mol. The highest BCUT2D eigenvalue weighted by Crippen LogP contribution is 2.44. The van der Waals surface area contributed by atoms with Crippen LogP contribution >= 0.6 is 11.6 Å². The van der Waals surface area contributed by atoms with Crippen molar-refractivity contribution in [3.63, 3.8) is 0 Å². The van der Waals surface area contributed by atoms with E-state index in [1.807, 2.05) is 36.4 Å². The van der Waals surface area contributed by atoms with E-state index in [0.717, 1.165) is 29.8 Å². The Kier molecular flexibility index (Phi) is 5.29. The van der Waals surface area contributed by atoms with E-state index in [9.17, 15) is 5.11 Å². The molecule has 2 aromatic heterocycles. The molecule has 9 nitrogen and oxygen atoms in total. The number of aromatic nitrogens is 4. The lowest BCUT2D eigenvalue weighted by Gasteiger charge is -2.40. The number of nitrogens with zero attached hydrogens (tertiary/aromatic N) is 4. The fourth-order valence-electron chi connectivity index (χ4n) is 4.44. The fraction of sp³-hybridized carbons (Fsp3) is 0.375. The molecule has 3 aliphatic rings. The number of halogens is 1. The van der Waals surface area contributed by atoms with Crippen molar-refractivity contribution in [2.45, 2.75) is 50.3 Å². The van der Waals surface area contributed by atoms with Gasteiger partial charge >= 0.3 is 0 Å². The minimum atomic E-state index is -1.18. The van der Waals surface area contributed by atoms with Crippen molar-refractivity contribution in [3.05, 3.63) is 82.0 Å². The van der Waals surface area contributed by atoms with Crippen LogP contribution in [0.15, 0.2) is 54.1 Å². The second-order valence-electron chi connectivity index (χ2n) is 8.76. The Morgan fingerprint density at radius 2 is 2.00 bits per heavy atom. The third-order valence-corrected chi connectivity index (χ3v) is 6.45. The molecule has 4 heterocycles. The molecule has 2 aliphatic heterocycles. The number of aryl methyl sites for hydroxylation is 1. The molecule has 176 valence electrons. The smallest absolute Gasteiger partial charge is 0.226 e. The molecule has 0 radical (unpaired) electrons. The molecule has 10 heteroatoms. The van der Waals surface area contributed by atoms with Gasteiger partial charge in [-0.05, 0) is 25.8 Å². The van der Waals surface area contributed by atoms with Crippen LogP contribution in [-0.2, 0) is 14.2 Å². The van der Waals surface area contributed by atoms with Crippen molar-refractivity contribution in [3.8, 4) is 5.69 Å². The van der Waals surface area contributed by atoms with E-state index < -0.39 is 24.6 Å². The fourth-order valence-corrected chi connectivity index (χ4v) is 4.59. The lowest BCUT2D eigenvalue weighted by Crippen LogP contribution is -2.45. The monoisotopic (exact) mass is 481 g/mol. The van der Waals surface area contributed by atoms with E-state index in [2.05, 4.69) is 15.1 Å². The van der Waals surface area contributed by atoms with Gasteiger partial charge in [0.25, 0.3) is 0 Å². The van der Waals surface area contributed by atoms with E-state index in [0.29, 0.717) is 28.3 Å². The van der Waals surface area contributed by atoms with Crippen LogP contribution in [0.4, 0.5) is 0 Å². The van der Waals surface area contributed by atoms with Crippen LogP contribution in [0.5, 0.6) is 0 Å². The molecule has 2 fully saturated rings. The van der Waals surface area contributed by atoms with Crippen LogP contribution in [0, 0.1) is 6.92 Å². The first-order valence-corrected chi connectivity index (χ1v) is 11.6. The van der Waals surface area contributed by atoms with Crippen molar-refractivity contribution in [2.75, 3.05) is 6.61 Å². The van der Waals surface area contributed by atoms with E-state index in [1.54, 1.807) is 17.8 Å². The Morgan fingerprint density at radius 1 is 1.21 bits per heavy atom. The lowest BCUT2D eigenvalue weighted by atomic mass is 10.0. The topological polar surface area (TPSA) is 118 Å². The number of nitrogens with two attached hydrogens (primary N) is 1. The zero-order valence-electron chi connectivity index (χ0n) is 18.5. The molecule has 0 amide bonds. The number of hydrogen-bond donors (Lipinski definition) is 2. The normalized spacial score (nSPS) is 26.8. The van der Waals surface area contributed by atoms with Crippen LogP contribution in [0.2, 0.25) is 5.02 Å². The third-order valence-electron chi connectivity index (χ3n) is 6.25. The Morgan fingerprint density at radius 3 is 2.76 bits per heavy atom. The summed E-state index contributed by atoms with van der Waals surface area (Å²) in [6.45, 7) is 2.00.